The van der Waals surface area contributed by atoms with Crippen LogP contribution in [0.5, 0.6) is 0 Å². The average molecular weight is 302 g/mol. The molecule has 118 valence electrons. The van der Waals surface area contributed by atoms with Crippen LogP contribution in [0, 0.1) is 5.41 Å². The molecule has 2 heterocycles. The summed E-state index contributed by atoms with van der Waals surface area (Å²) in [6, 6.07) is 6.13. The minimum Gasteiger partial charge on any atom is -0.368 e. The van der Waals surface area contributed by atoms with Gasteiger partial charge >= 0.3 is 0 Å². The maximum Gasteiger partial charge on any atom is 0.259 e. The lowest BCUT2D eigenvalue weighted by Gasteiger charge is -2.22. The molecule has 6 nitrogen and oxygen atoms in total. The molecule has 2 rings (SSSR count). The third kappa shape index (κ3) is 4.07. The van der Waals surface area contributed by atoms with Crippen LogP contribution in [0.15, 0.2) is 35.3 Å². The minimum absolute atomic E-state index is 0.103. The summed E-state index contributed by atoms with van der Waals surface area (Å²) < 4.78 is 1.44. The van der Waals surface area contributed by atoms with Crippen molar-refractivity contribution >= 4 is 17.4 Å². The van der Waals surface area contributed by atoms with Crippen LogP contribution in [0.3, 0.4) is 0 Å². The number of amides is 1. The number of rotatable bonds is 5. The first-order valence-corrected chi connectivity index (χ1v) is 7.30. The second-order valence-electron chi connectivity index (χ2n) is 6.61. The summed E-state index contributed by atoms with van der Waals surface area (Å²) in [5.41, 5.74) is 5.88. The van der Waals surface area contributed by atoms with E-state index in [2.05, 4.69) is 31.1 Å². The molecule has 0 spiro atoms. The van der Waals surface area contributed by atoms with Gasteiger partial charge in [-0.3, -0.25) is 14.0 Å². The van der Waals surface area contributed by atoms with Crippen molar-refractivity contribution < 1.29 is 4.79 Å². The highest BCUT2D eigenvalue weighted by atomic mass is 16.1. The molecule has 6 heteroatoms. The van der Waals surface area contributed by atoms with Gasteiger partial charge in [0.25, 0.3) is 5.56 Å². The van der Waals surface area contributed by atoms with Crippen LogP contribution >= 0.6 is 0 Å². The molecular weight excluding hydrogens is 280 g/mol. The van der Waals surface area contributed by atoms with Gasteiger partial charge in [0.15, 0.2) is 0 Å². The van der Waals surface area contributed by atoms with E-state index in [0.29, 0.717) is 17.9 Å². The molecule has 2 aromatic rings. The van der Waals surface area contributed by atoms with Crippen molar-refractivity contribution in [3.05, 3.63) is 40.8 Å². The van der Waals surface area contributed by atoms with Crippen LogP contribution < -0.4 is 16.6 Å². The van der Waals surface area contributed by atoms with E-state index < -0.39 is 11.9 Å². The van der Waals surface area contributed by atoms with Crippen LogP contribution in [0.2, 0.25) is 0 Å². The standard InChI is InChI=1S/C16H22N4O2/c1-16(2,3)8-7-11(15(17)22)18-12-10-14(21)20-9-5-4-6-13(20)19-12/h4-6,9-11,18H,7-8H2,1-3H3,(H2,17,22). The van der Waals surface area contributed by atoms with Gasteiger partial charge in [-0.25, -0.2) is 4.98 Å². The van der Waals surface area contributed by atoms with Gasteiger partial charge in [-0.05, 0) is 30.4 Å². The fourth-order valence-corrected chi connectivity index (χ4v) is 2.17. The van der Waals surface area contributed by atoms with Gasteiger partial charge < -0.3 is 11.1 Å². The first-order valence-electron chi connectivity index (χ1n) is 7.30. The Bertz CT molecular complexity index is 731. The van der Waals surface area contributed by atoms with E-state index in [-0.39, 0.29) is 11.0 Å². The zero-order valence-corrected chi connectivity index (χ0v) is 13.2. The molecular formula is C16H22N4O2. The zero-order valence-electron chi connectivity index (χ0n) is 13.2. The van der Waals surface area contributed by atoms with E-state index in [1.807, 2.05) is 0 Å². The molecule has 1 unspecified atom stereocenters. The lowest BCUT2D eigenvalue weighted by atomic mass is 9.88. The average Bonchev–Trinajstić information content (AvgIpc) is 2.42. The molecule has 0 aliphatic carbocycles. The molecule has 0 fully saturated rings. The molecule has 0 saturated heterocycles. The maximum atomic E-state index is 12.0. The molecule has 22 heavy (non-hydrogen) atoms. The summed E-state index contributed by atoms with van der Waals surface area (Å²) in [6.07, 6.45) is 3.08. The second-order valence-corrected chi connectivity index (χ2v) is 6.61. The lowest BCUT2D eigenvalue weighted by molar-refractivity contribution is -0.119. The lowest BCUT2D eigenvalue weighted by Crippen LogP contribution is -2.37. The number of nitrogens with zero attached hydrogens (tertiary/aromatic N) is 2. The Morgan fingerprint density at radius 2 is 2.14 bits per heavy atom. The third-order valence-corrected chi connectivity index (χ3v) is 3.42. The second kappa shape index (κ2) is 6.17. The van der Waals surface area contributed by atoms with Gasteiger partial charge in [0, 0.05) is 12.3 Å². The monoisotopic (exact) mass is 302 g/mol. The topological polar surface area (TPSA) is 89.5 Å². The van der Waals surface area contributed by atoms with E-state index in [4.69, 9.17) is 5.73 Å². The maximum absolute atomic E-state index is 12.0. The van der Waals surface area contributed by atoms with Crippen molar-refractivity contribution in [2.75, 3.05) is 5.32 Å². The Labute approximate surface area is 129 Å². The predicted molar refractivity (Wildman–Crippen MR) is 86.8 cm³/mol. The fraction of sp³-hybridized carbons (Fsp3) is 0.438. The number of hydrogen-bond acceptors (Lipinski definition) is 4. The summed E-state index contributed by atoms with van der Waals surface area (Å²) in [4.78, 5) is 28.0. The molecule has 0 aliphatic heterocycles. The van der Waals surface area contributed by atoms with Crippen molar-refractivity contribution in [3.63, 3.8) is 0 Å². The van der Waals surface area contributed by atoms with E-state index in [0.717, 1.165) is 6.42 Å². The Balaban J connectivity index is 2.23. The van der Waals surface area contributed by atoms with E-state index in [1.54, 1.807) is 24.4 Å². The Hall–Kier alpha value is -2.37. The molecule has 0 bridgehead atoms. The summed E-state index contributed by atoms with van der Waals surface area (Å²) >= 11 is 0. The minimum atomic E-state index is -0.544. The highest BCUT2D eigenvalue weighted by molar-refractivity contribution is 5.82. The van der Waals surface area contributed by atoms with Crippen molar-refractivity contribution in [1.29, 1.82) is 0 Å². The zero-order chi connectivity index (χ0) is 16.3. The Morgan fingerprint density at radius 3 is 2.77 bits per heavy atom. The van der Waals surface area contributed by atoms with Crippen LogP contribution in [0.4, 0.5) is 5.82 Å². The molecule has 2 aromatic heterocycles. The van der Waals surface area contributed by atoms with Gasteiger partial charge in [0.2, 0.25) is 5.91 Å². The van der Waals surface area contributed by atoms with Crippen LogP contribution in [-0.2, 0) is 4.79 Å². The van der Waals surface area contributed by atoms with Crippen molar-refractivity contribution in [2.45, 2.75) is 39.7 Å². The van der Waals surface area contributed by atoms with Gasteiger partial charge in [0.05, 0.1) is 0 Å². The van der Waals surface area contributed by atoms with Gasteiger partial charge in [-0.1, -0.05) is 26.8 Å². The molecule has 1 atom stereocenters. The molecule has 0 radical (unpaired) electrons. The number of nitrogens with two attached hydrogens (primary N) is 1. The SMILES string of the molecule is CC(C)(C)CCC(Nc1cc(=O)n2ccccc2n1)C(N)=O. The molecule has 0 aliphatic rings. The number of carbonyl (C=O) groups is 1. The number of pyridine rings is 1. The highest BCUT2D eigenvalue weighted by Gasteiger charge is 2.20. The number of anilines is 1. The van der Waals surface area contributed by atoms with Crippen molar-refractivity contribution in [1.82, 2.24) is 9.38 Å². The molecule has 0 aromatic carbocycles. The predicted octanol–water partition coefficient (Wildman–Crippen LogP) is 1.79. The summed E-state index contributed by atoms with van der Waals surface area (Å²) in [5.74, 6) is -0.0757. The van der Waals surface area contributed by atoms with E-state index in [1.165, 1.54) is 10.5 Å². The number of aromatic nitrogens is 2. The van der Waals surface area contributed by atoms with Crippen LogP contribution in [0.25, 0.3) is 5.65 Å². The summed E-state index contributed by atoms with van der Waals surface area (Å²) in [6.45, 7) is 6.31. The van der Waals surface area contributed by atoms with Gasteiger partial charge in [-0.15, -0.1) is 0 Å². The summed E-state index contributed by atoms with van der Waals surface area (Å²) in [7, 11) is 0. The number of hydrogen-bond donors (Lipinski definition) is 2. The van der Waals surface area contributed by atoms with Crippen LogP contribution in [-0.4, -0.2) is 21.3 Å². The number of primary amides is 1. The molecule has 0 saturated carbocycles. The summed E-state index contributed by atoms with van der Waals surface area (Å²) in [5, 5.41) is 2.99. The van der Waals surface area contributed by atoms with Crippen LogP contribution in [0.1, 0.15) is 33.6 Å². The van der Waals surface area contributed by atoms with Crippen molar-refractivity contribution in [2.24, 2.45) is 11.1 Å². The Morgan fingerprint density at radius 1 is 1.41 bits per heavy atom. The molecule has 3 N–H and O–H groups in total. The van der Waals surface area contributed by atoms with E-state index in [9.17, 15) is 9.59 Å². The normalized spacial score (nSPS) is 13.0. The largest absolute Gasteiger partial charge is 0.368 e. The fourth-order valence-electron chi connectivity index (χ4n) is 2.17. The highest BCUT2D eigenvalue weighted by Crippen LogP contribution is 2.22. The van der Waals surface area contributed by atoms with Crippen molar-refractivity contribution in [3.8, 4) is 0 Å². The number of nitrogens with one attached hydrogen (secondary N) is 1. The number of carbonyl (C=O) groups excluding carboxylic acids is 1. The first-order chi connectivity index (χ1) is 10.3. The first kappa shape index (κ1) is 16.0. The van der Waals surface area contributed by atoms with Gasteiger partial charge in [0.1, 0.15) is 17.5 Å². The quantitative estimate of drug-likeness (QED) is 0.881. The van der Waals surface area contributed by atoms with Gasteiger partial charge in [-0.2, -0.15) is 0 Å². The Kier molecular flexibility index (Phi) is 4.49. The number of fused-ring (bicyclic) bond motifs is 1. The third-order valence-electron chi connectivity index (χ3n) is 3.42. The van der Waals surface area contributed by atoms with E-state index >= 15 is 0 Å². The molecule has 1 amide bonds. The smallest absolute Gasteiger partial charge is 0.259 e.